The second kappa shape index (κ2) is 7.86. The van der Waals surface area contributed by atoms with Gasteiger partial charge in [-0.3, -0.25) is 9.69 Å². The topological polar surface area (TPSA) is 77.2 Å². The van der Waals surface area contributed by atoms with Crippen molar-refractivity contribution in [1.82, 2.24) is 25.2 Å². The molecule has 0 saturated carbocycles. The zero-order chi connectivity index (χ0) is 17.8. The van der Waals surface area contributed by atoms with Gasteiger partial charge in [0.15, 0.2) is 0 Å². The third-order valence-electron chi connectivity index (χ3n) is 5.17. The van der Waals surface area contributed by atoms with E-state index < -0.39 is 0 Å². The molecule has 7 heteroatoms. The number of nitrogens with zero attached hydrogens (tertiary/aromatic N) is 4. The number of aromatic amines is 1. The number of piperidine rings is 1. The molecule has 2 fully saturated rings. The Hall–Kier alpha value is -2.41. The maximum atomic E-state index is 12.3. The number of hydrogen-bond donors (Lipinski definition) is 2. The maximum absolute atomic E-state index is 12.3. The van der Waals surface area contributed by atoms with E-state index in [-0.39, 0.29) is 11.9 Å². The van der Waals surface area contributed by atoms with Gasteiger partial charge < -0.3 is 15.2 Å². The molecule has 26 heavy (non-hydrogen) atoms. The molecule has 2 aliphatic rings. The fourth-order valence-electron chi connectivity index (χ4n) is 3.79. The highest BCUT2D eigenvalue weighted by molar-refractivity contribution is 5.78. The highest BCUT2D eigenvalue weighted by atomic mass is 16.2. The Balaban J connectivity index is 1.32. The first kappa shape index (κ1) is 17.0. The van der Waals surface area contributed by atoms with Gasteiger partial charge in [0, 0.05) is 31.5 Å². The molecule has 1 amide bonds. The van der Waals surface area contributed by atoms with Crippen LogP contribution in [0, 0.1) is 0 Å². The van der Waals surface area contributed by atoms with Crippen LogP contribution >= 0.6 is 0 Å². The number of H-pyrrole nitrogens is 1. The van der Waals surface area contributed by atoms with Crippen LogP contribution in [0.25, 0.3) is 11.4 Å². The molecular weight excluding hydrogens is 328 g/mol. The number of carbonyl (C=O) groups excluding carboxylic acids is 1. The smallest absolute Gasteiger partial charge is 0.234 e. The average Bonchev–Trinajstić information content (AvgIpc) is 3.35. The molecule has 138 valence electrons. The Bertz CT molecular complexity index is 725. The molecule has 2 N–H and O–H groups in total. The molecule has 0 radical (unpaired) electrons. The third-order valence-corrected chi connectivity index (χ3v) is 5.17. The van der Waals surface area contributed by atoms with E-state index in [4.69, 9.17) is 0 Å². The summed E-state index contributed by atoms with van der Waals surface area (Å²) in [7, 11) is 0. The standard InChI is InChI=1S/C19H26N6O/c26-18(14-24-10-2-1-3-11-24)22-15-7-12-25(13-15)19-21-9-6-17(23-19)16-5-4-8-20-16/h4-6,8-9,15,20H,1-3,7,10-14H2,(H,22,26). The molecule has 4 rings (SSSR count). The second-order valence-corrected chi connectivity index (χ2v) is 7.16. The molecule has 2 aliphatic heterocycles. The Morgan fingerprint density at radius 3 is 2.92 bits per heavy atom. The predicted molar refractivity (Wildman–Crippen MR) is 101 cm³/mol. The van der Waals surface area contributed by atoms with Crippen molar-refractivity contribution in [2.75, 3.05) is 37.6 Å². The number of nitrogens with one attached hydrogen (secondary N) is 2. The van der Waals surface area contributed by atoms with Crippen molar-refractivity contribution in [2.24, 2.45) is 0 Å². The largest absolute Gasteiger partial charge is 0.360 e. The predicted octanol–water partition coefficient (Wildman–Crippen LogP) is 1.65. The molecule has 0 spiro atoms. The van der Waals surface area contributed by atoms with Gasteiger partial charge in [0.2, 0.25) is 11.9 Å². The van der Waals surface area contributed by atoms with Gasteiger partial charge in [-0.15, -0.1) is 0 Å². The highest BCUT2D eigenvalue weighted by Gasteiger charge is 2.26. The van der Waals surface area contributed by atoms with Crippen molar-refractivity contribution in [3.05, 3.63) is 30.6 Å². The summed E-state index contributed by atoms with van der Waals surface area (Å²) in [5.74, 6) is 0.865. The first-order chi connectivity index (χ1) is 12.8. The maximum Gasteiger partial charge on any atom is 0.234 e. The molecule has 1 unspecified atom stereocenters. The van der Waals surface area contributed by atoms with E-state index in [1.807, 2.05) is 24.4 Å². The number of amides is 1. The number of aromatic nitrogens is 3. The quantitative estimate of drug-likeness (QED) is 0.854. The summed E-state index contributed by atoms with van der Waals surface area (Å²) in [6.07, 6.45) is 8.32. The number of hydrogen-bond acceptors (Lipinski definition) is 5. The van der Waals surface area contributed by atoms with Gasteiger partial charge in [-0.05, 0) is 50.6 Å². The summed E-state index contributed by atoms with van der Waals surface area (Å²) in [6, 6.07) is 6.04. The average molecular weight is 354 g/mol. The van der Waals surface area contributed by atoms with Crippen molar-refractivity contribution >= 4 is 11.9 Å². The molecule has 4 heterocycles. The molecule has 0 aromatic carbocycles. The minimum absolute atomic E-state index is 0.139. The van der Waals surface area contributed by atoms with E-state index in [2.05, 4.69) is 30.1 Å². The lowest BCUT2D eigenvalue weighted by Crippen LogP contribution is -2.44. The first-order valence-electron chi connectivity index (χ1n) is 9.51. The molecule has 2 aromatic heterocycles. The van der Waals surface area contributed by atoms with Gasteiger partial charge in [-0.1, -0.05) is 6.42 Å². The van der Waals surface area contributed by atoms with Gasteiger partial charge in [-0.25, -0.2) is 9.97 Å². The fraction of sp³-hybridized carbons (Fsp3) is 0.526. The van der Waals surface area contributed by atoms with E-state index in [1.165, 1.54) is 19.3 Å². The van der Waals surface area contributed by atoms with Crippen LogP contribution in [-0.4, -0.2) is 64.5 Å². The van der Waals surface area contributed by atoms with Crippen molar-refractivity contribution in [2.45, 2.75) is 31.7 Å². The van der Waals surface area contributed by atoms with Crippen LogP contribution in [0.5, 0.6) is 0 Å². The molecule has 0 bridgehead atoms. The molecule has 2 aromatic rings. The summed E-state index contributed by atoms with van der Waals surface area (Å²) in [6.45, 7) is 4.24. The lowest BCUT2D eigenvalue weighted by atomic mass is 10.1. The monoisotopic (exact) mass is 354 g/mol. The van der Waals surface area contributed by atoms with E-state index in [0.717, 1.165) is 49.9 Å². The van der Waals surface area contributed by atoms with Crippen molar-refractivity contribution < 1.29 is 4.79 Å². The minimum Gasteiger partial charge on any atom is -0.360 e. The Kier molecular flexibility index (Phi) is 5.15. The van der Waals surface area contributed by atoms with E-state index in [9.17, 15) is 4.79 Å². The third kappa shape index (κ3) is 4.04. The summed E-state index contributed by atoms with van der Waals surface area (Å²) < 4.78 is 0. The first-order valence-corrected chi connectivity index (χ1v) is 9.51. The van der Waals surface area contributed by atoms with Gasteiger partial charge in [-0.2, -0.15) is 0 Å². The van der Waals surface area contributed by atoms with Crippen LogP contribution < -0.4 is 10.2 Å². The van der Waals surface area contributed by atoms with E-state index in [1.54, 1.807) is 6.20 Å². The van der Waals surface area contributed by atoms with Crippen molar-refractivity contribution in [3.8, 4) is 11.4 Å². The zero-order valence-electron chi connectivity index (χ0n) is 15.0. The van der Waals surface area contributed by atoms with Gasteiger partial charge in [0.25, 0.3) is 0 Å². The number of carbonyl (C=O) groups is 1. The van der Waals surface area contributed by atoms with E-state index >= 15 is 0 Å². The second-order valence-electron chi connectivity index (χ2n) is 7.16. The highest BCUT2D eigenvalue weighted by Crippen LogP contribution is 2.20. The Morgan fingerprint density at radius 1 is 1.23 bits per heavy atom. The van der Waals surface area contributed by atoms with Crippen LogP contribution in [0.15, 0.2) is 30.6 Å². The summed E-state index contributed by atoms with van der Waals surface area (Å²) >= 11 is 0. The Morgan fingerprint density at radius 2 is 2.12 bits per heavy atom. The molecular formula is C19H26N6O. The minimum atomic E-state index is 0.139. The molecule has 0 aliphatic carbocycles. The normalized spacial score (nSPS) is 21.1. The fourth-order valence-corrected chi connectivity index (χ4v) is 3.79. The van der Waals surface area contributed by atoms with E-state index in [0.29, 0.717) is 6.54 Å². The van der Waals surface area contributed by atoms with Crippen molar-refractivity contribution in [3.63, 3.8) is 0 Å². The number of likely N-dealkylation sites (tertiary alicyclic amines) is 1. The number of anilines is 1. The van der Waals surface area contributed by atoms with Gasteiger partial charge in [0.05, 0.1) is 17.9 Å². The van der Waals surface area contributed by atoms with Gasteiger partial charge >= 0.3 is 0 Å². The van der Waals surface area contributed by atoms with Crippen LogP contribution in [0.4, 0.5) is 5.95 Å². The summed E-state index contributed by atoms with van der Waals surface area (Å²) in [5.41, 5.74) is 1.87. The number of rotatable bonds is 5. The molecule has 7 nitrogen and oxygen atoms in total. The Labute approximate surface area is 153 Å². The van der Waals surface area contributed by atoms with Crippen LogP contribution in [-0.2, 0) is 4.79 Å². The molecule has 2 saturated heterocycles. The van der Waals surface area contributed by atoms with Crippen LogP contribution in [0.2, 0.25) is 0 Å². The lowest BCUT2D eigenvalue weighted by molar-refractivity contribution is -0.123. The summed E-state index contributed by atoms with van der Waals surface area (Å²) in [5, 5.41) is 3.18. The SMILES string of the molecule is O=C(CN1CCCCC1)NC1CCN(c2nccc(-c3ccc[nH]3)n2)C1. The zero-order valence-corrected chi connectivity index (χ0v) is 15.0. The van der Waals surface area contributed by atoms with Crippen LogP contribution in [0.3, 0.4) is 0 Å². The van der Waals surface area contributed by atoms with Crippen LogP contribution in [0.1, 0.15) is 25.7 Å². The van der Waals surface area contributed by atoms with Crippen molar-refractivity contribution in [1.29, 1.82) is 0 Å². The van der Waals surface area contributed by atoms with Gasteiger partial charge in [0.1, 0.15) is 0 Å². The lowest BCUT2D eigenvalue weighted by Gasteiger charge is -2.26. The summed E-state index contributed by atoms with van der Waals surface area (Å²) in [4.78, 5) is 29.0. The molecule has 1 atom stereocenters.